The molecule has 0 aliphatic carbocycles. The van der Waals surface area contributed by atoms with Crippen LogP contribution in [0, 0.1) is 0 Å². The molecule has 5 nitrogen and oxygen atoms in total. The van der Waals surface area contributed by atoms with E-state index in [0.29, 0.717) is 10.4 Å². The summed E-state index contributed by atoms with van der Waals surface area (Å²) in [6.07, 6.45) is 2.97. The Hall–Kier alpha value is -1.47. The lowest BCUT2D eigenvalue weighted by atomic mass is 9.84. The van der Waals surface area contributed by atoms with Gasteiger partial charge in [0, 0.05) is 0 Å². The van der Waals surface area contributed by atoms with E-state index in [-0.39, 0.29) is 22.1 Å². The van der Waals surface area contributed by atoms with Gasteiger partial charge < -0.3 is 5.11 Å². The van der Waals surface area contributed by atoms with Crippen molar-refractivity contribution in [2.24, 2.45) is 0 Å². The van der Waals surface area contributed by atoms with Gasteiger partial charge in [-0.05, 0) is 28.1 Å². The number of halogens is 2. The fourth-order valence-corrected chi connectivity index (χ4v) is 3.98. The summed E-state index contributed by atoms with van der Waals surface area (Å²) in [5.74, 6) is 0. The molecule has 8 heteroatoms. The maximum Gasteiger partial charge on any atom is 0.161 e. The van der Waals surface area contributed by atoms with Crippen LogP contribution in [0.1, 0.15) is 36.8 Å². The highest BCUT2D eigenvalue weighted by Crippen LogP contribution is 2.41. The summed E-state index contributed by atoms with van der Waals surface area (Å²) in [6, 6.07) is 7.83. The van der Waals surface area contributed by atoms with Crippen molar-refractivity contribution in [1.82, 2.24) is 19.1 Å². The molecule has 132 valence electrons. The normalized spacial score (nSPS) is 14.5. The Morgan fingerprint density at radius 3 is 2.24 bits per heavy atom. The van der Waals surface area contributed by atoms with Crippen molar-refractivity contribution in [3.05, 3.63) is 63.1 Å². The van der Waals surface area contributed by atoms with Gasteiger partial charge in [-0.15, -0.1) is 0 Å². The molecule has 0 bridgehead atoms. The highest BCUT2D eigenvalue weighted by atomic mass is 35.5. The maximum absolute atomic E-state index is 11.6. The topological polar surface area (TPSA) is 63.8 Å². The minimum Gasteiger partial charge on any atom is -0.377 e. The second kappa shape index (κ2) is 6.68. The average molecular weight is 397 g/mol. The number of benzene rings is 1. The molecule has 0 fully saturated rings. The fourth-order valence-electron chi connectivity index (χ4n) is 2.61. The Bertz CT molecular complexity index is 856. The van der Waals surface area contributed by atoms with E-state index in [1.54, 1.807) is 11.0 Å². The first-order valence-corrected chi connectivity index (χ1v) is 9.22. The van der Waals surface area contributed by atoms with Gasteiger partial charge in [-0.3, -0.25) is 0 Å². The summed E-state index contributed by atoms with van der Waals surface area (Å²) in [5, 5.41) is 16.1. The van der Waals surface area contributed by atoms with E-state index in [9.17, 15) is 5.11 Å². The highest BCUT2D eigenvalue weighted by molar-refractivity contribution is 7.07. The summed E-state index contributed by atoms with van der Waals surface area (Å²) < 4.78 is 5.62. The van der Waals surface area contributed by atoms with Crippen LogP contribution in [0.5, 0.6) is 0 Å². The molecule has 2 aromatic heterocycles. The molecular weight excluding hydrogens is 379 g/mol. The zero-order valence-electron chi connectivity index (χ0n) is 14.1. The van der Waals surface area contributed by atoms with Crippen molar-refractivity contribution in [1.29, 1.82) is 0 Å². The Labute approximate surface area is 160 Å². The Balaban J connectivity index is 2.09. The van der Waals surface area contributed by atoms with Crippen molar-refractivity contribution in [3.63, 3.8) is 0 Å². The van der Waals surface area contributed by atoms with E-state index in [0.717, 1.165) is 11.5 Å². The molecule has 0 amide bonds. The summed E-state index contributed by atoms with van der Waals surface area (Å²) in [7, 11) is 0. The van der Waals surface area contributed by atoms with Gasteiger partial charge in [0.15, 0.2) is 5.15 Å². The van der Waals surface area contributed by atoms with Gasteiger partial charge in [0.05, 0.1) is 16.4 Å². The molecule has 1 unspecified atom stereocenters. The first kappa shape index (κ1) is 18.3. The SMILES string of the molecule is CC(C)(C)c1ccc(C(O)(Cn2cncn2)c2snc(Cl)c2Cl)cc1. The first-order chi connectivity index (χ1) is 11.7. The Morgan fingerprint density at radius 2 is 1.76 bits per heavy atom. The van der Waals surface area contributed by atoms with Gasteiger partial charge in [-0.2, -0.15) is 9.47 Å². The van der Waals surface area contributed by atoms with E-state index in [1.807, 2.05) is 24.3 Å². The summed E-state index contributed by atoms with van der Waals surface area (Å²) >= 11 is 13.4. The van der Waals surface area contributed by atoms with Crippen LogP contribution in [0.4, 0.5) is 0 Å². The van der Waals surface area contributed by atoms with Gasteiger partial charge in [0.25, 0.3) is 0 Å². The van der Waals surface area contributed by atoms with E-state index in [1.165, 1.54) is 11.9 Å². The van der Waals surface area contributed by atoms with Crippen molar-refractivity contribution >= 4 is 34.7 Å². The van der Waals surface area contributed by atoms with Gasteiger partial charge in [-0.25, -0.2) is 9.67 Å². The second-order valence-electron chi connectivity index (χ2n) is 6.90. The van der Waals surface area contributed by atoms with E-state index in [2.05, 4.69) is 35.2 Å². The lowest BCUT2D eigenvalue weighted by Gasteiger charge is -2.28. The van der Waals surface area contributed by atoms with Crippen LogP contribution in [0.15, 0.2) is 36.9 Å². The predicted octanol–water partition coefficient (Wildman–Crippen LogP) is 4.28. The Kier molecular flexibility index (Phi) is 4.90. The molecule has 0 spiro atoms. The largest absolute Gasteiger partial charge is 0.377 e. The summed E-state index contributed by atoms with van der Waals surface area (Å²) in [6.45, 7) is 6.58. The molecule has 0 saturated carbocycles. The third kappa shape index (κ3) is 3.58. The van der Waals surface area contributed by atoms with Crippen LogP contribution < -0.4 is 0 Å². The number of hydrogen-bond donors (Lipinski definition) is 1. The zero-order chi connectivity index (χ0) is 18.2. The first-order valence-electron chi connectivity index (χ1n) is 7.69. The van der Waals surface area contributed by atoms with Crippen LogP contribution in [0.3, 0.4) is 0 Å². The van der Waals surface area contributed by atoms with Crippen molar-refractivity contribution in [2.75, 3.05) is 0 Å². The number of rotatable bonds is 4. The van der Waals surface area contributed by atoms with Crippen LogP contribution in [0.2, 0.25) is 10.2 Å². The molecule has 3 rings (SSSR count). The maximum atomic E-state index is 11.6. The second-order valence-corrected chi connectivity index (χ2v) is 8.41. The molecule has 1 N–H and O–H groups in total. The minimum atomic E-state index is -1.41. The lowest BCUT2D eigenvalue weighted by Crippen LogP contribution is -2.32. The third-order valence-electron chi connectivity index (χ3n) is 4.06. The van der Waals surface area contributed by atoms with Crippen LogP contribution in [-0.4, -0.2) is 24.2 Å². The molecule has 0 saturated heterocycles. The van der Waals surface area contributed by atoms with Crippen LogP contribution >= 0.6 is 34.7 Å². The monoisotopic (exact) mass is 396 g/mol. The molecule has 1 atom stereocenters. The number of nitrogens with zero attached hydrogens (tertiary/aromatic N) is 4. The van der Waals surface area contributed by atoms with Gasteiger partial charge in [0.1, 0.15) is 18.3 Å². The molecule has 0 radical (unpaired) electrons. The molecule has 0 aliphatic rings. The third-order valence-corrected chi connectivity index (χ3v) is 6.01. The van der Waals surface area contributed by atoms with Gasteiger partial charge in [-0.1, -0.05) is 68.2 Å². The predicted molar refractivity (Wildman–Crippen MR) is 100 cm³/mol. The number of hydrogen-bond acceptors (Lipinski definition) is 5. The quantitative estimate of drug-likeness (QED) is 0.714. The van der Waals surface area contributed by atoms with Crippen molar-refractivity contribution in [3.8, 4) is 0 Å². The average Bonchev–Trinajstić information content (AvgIpc) is 3.17. The fraction of sp³-hybridized carbons (Fsp3) is 0.353. The van der Waals surface area contributed by atoms with Gasteiger partial charge >= 0.3 is 0 Å². The Morgan fingerprint density at radius 1 is 1.12 bits per heavy atom. The molecule has 25 heavy (non-hydrogen) atoms. The van der Waals surface area contributed by atoms with Crippen molar-refractivity contribution < 1.29 is 5.11 Å². The van der Waals surface area contributed by atoms with E-state index in [4.69, 9.17) is 23.2 Å². The summed E-state index contributed by atoms with van der Waals surface area (Å²) in [5.41, 5.74) is 0.478. The van der Waals surface area contributed by atoms with E-state index >= 15 is 0 Å². The van der Waals surface area contributed by atoms with Crippen LogP contribution in [-0.2, 0) is 17.6 Å². The van der Waals surface area contributed by atoms with Crippen molar-refractivity contribution in [2.45, 2.75) is 38.3 Å². The molecule has 0 aliphatic heterocycles. The highest BCUT2D eigenvalue weighted by Gasteiger charge is 2.38. The smallest absolute Gasteiger partial charge is 0.161 e. The molecule has 3 aromatic rings. The summed E-state index contributed by atoms with van der Waals surface area (Å²) in [4.78, 5) is 4.42. The van der Waals surface area contributed by atoms with Crippen LogP contribution in [0.25, 0.3) is 0 Å². The molecule has 2 heterocycles. The minimum absolute atomic E-state index is 0.0218. The standard InChI is InChI=1S/C17H18Cl2N4OS/c1-16(2,3)11-4-6-12(7-5-11)17(24,8-23-10-20-9-21-23)14-13(18)15(19)22-25-14/h4-7,9-10,24H,8H2,1-3H3. The van der Waals surface area contributed by atoms with E-state index < -0.39 is 5.60 Å². The molecule has 1 aromatic carbocycles. The number of aromatic nitrogens is 4. The zero-order valence-corrected chi connectivity index (χ0v) is 16.4. The lowest BCUT2D eigenvalue weighted by molar-refractivity contribution is 0.0609. The molecular formula is C17H18Cl2N4OS. The number of aliphatic hydroxyl groups is 1. The van der Waals surface area contributed by atoms with Gasteiger partial charge in [0.2, 0.25) is 0 Å².